The van der Waals surface area contributed by atoms with Gasteiger partial charge in [-0.25, -0.2) is 4.98 Å². The summed E-state index contributed by atoms with van der Waals surface area (Å²) in [5, 5.41) is 14.4. The molecule has 4 aromatic rings. The Balaban J connectivity index is 1.77. The largest absolute Gasteiger partial charge is 0.394 e. The normalized spacial score (nSPS) is 21.2. The van der Waals surface area contributed by atoms with Crippen molar-refractivity contribution >= 4 is 42.2 Å². The summed E-state index contributed by atoms with van der Waals surface area (Å²) in [6.07, 6.45) is 0.906. The first-order valence-corrected chi connectivity index (χ1v) is 15.6. The Labute approximate surface area is 240 Å². The molecule has 0 unspecified atom stereocenters. The molecule has 0 saturated carbocycles. The number of aliphatic hydroxyl groups excluding tert-OH is 1. The van der Waals surface area contributed by atoms with Gasteiger partial charge in [0.2, 0.25) is 11.9 Å². The topological polar surface area (TPSA) is 131 Å². The molecule has 10 nitrogen and oxygen atoms in total. The number of carbonyl (C=O) groups is 1. The molecule has 0 bridgehead atoms. The van der Waals surface area contributed by atoms with Crippen LogP contribution in [0.3, 0.4) is 0 Å². The van der Waals surface area contributed by atoms with Crippen LogP contribution in [0.1, 0.15) is 41.0 Å². The minimum absolute atomic E-state index is 0.0370. The first-order valence-electron chi connectivity index (χ1n) is 13.9. The number of fused-ring (bicyclic) bond motifs is 1. The van der Waals surface area contributed by atoms with E-state index in [2.05, 4.69) is 44.5 Å². The summed E-state index contributed by atoms with van der Waals surface area (Å²) >= 11 is 0. The van der Waals surface area contributed by atoms with Crippen molar-refractivity contribution in [3.8, 4) is 0 Å². The Morgan fingerprint density at radius 1 is 1.17 bits per heavy atom. The lowest BCUT2D eigenvalue weighted by Gasteiger charge is -2.38. The van der Waals surface area contributed by atoms with Crippen LogP contribution in [-0.4, -0.2) is 63.7 Å². The minimum Gasteiger partial charge on any atom is -0.394 e. The molecule has 2 aromatic heterocycles. The van der Waals surface area contributed by atoms with Gasteiger partial charge in [-0.05, 0) is 20.8 Å². The van der Waals surface area contributed by atoms with Gasteiger partial charge in [0.15, 0.2) is 20.0 Å². The van der Waals surface area contributed by atoms with Crippen molar-refractivity contribution in [2.24, 2.45) is 5.92 Å². The van der Waals surface area contributed by atoms with Crippen LogP contribution in [0.15, 0.2) is 71.8 Å². The van der Waals surface area contributed by atoms with Crippen molar-refractivity contribution in [1.82, 2.24) is 19.5 Å². The molecule has 41 heavy (non-hydrogen) atoms. The third-order valence-corrected chi connectivity index (χ3v) is 10.9. The molecule has 1 amide bonds. The second kappa shape index (κ2) is 11.3. The second-order valence-corrected chi connectivity index (χ2v) is 14.9. The van der Waals surface area contributed by atoms with Gasteiger partial charge in [-0.15, -0.1) is 0 Å². The number of aliphatic hydroxyl groups is 1. The van der Waals surface area contributed by atoms with E-state index < -0.39 is 37.5 Å². The first-order chi connectivity index (χ1) is 19.5. The number of rotatable bonds is 8. The van der Waals surface area contributed by atoms with Crippen molar-refractivity contribution in [1.29, 1.82) is 0 Å². The van der Waals surface area contributed by atoms with Gasteiger partial charge in [-0.1, -0.05) is 84.9 Å². The molecule has 0 aliphatic carbocycles. The zero-order valence-electron chi connectivity index (χ0n) is 24.0. The van der Waals surface area contributed by atoms with Gasteiger partial charge < -0.3 is 14.6 Å². The fourth-order valence-corrected chi connectivity index (χ4v) is 9.41. The molecule has 3 atom stereocenters. The highest BCUT2D eigenvalue weighted by Crippen LogP contribution is 2.41. The number of nitrogens with one attached hydrogen (secondary N) is 2. The van der Waals surface area contributed by atoms with Crippen LogP contribution in [0.2, 0.25) is 0 Å². The Hall–Kier alpha value is -3.64. The maximum atomic E-state index is 13.1. The average Bonchev–Trinajstić information content (AvgIpc) is 3.51. The van der Waals surface area contributed by atoms with Gasteiger partial charge in [0.05, 0.1) is 24.6 Å². The van der Waals surface area contributed by atoms with Crippen molar-refractivity contribution in [2.45, 2.75) is 64.2 Å². The molecule has 1 fully saturated rings. The SMILES string of the molecule is CC(C)C(=O)Nc1nc2c(ncn2[C@@]2([SiH](c3ccccc3)c3ccccc3)C[C@H](OC(C)(C)C)[C@@H](CO)O2)c(=O)[nH]1. The standard InChI is InChI=1S/C30H37N5O5Si/c1-19(2)26(37)33-28-32-25-24(27(38)34-28)31-18-35(25)30(16-22(23(17-36)40-30)39-29(3,4)5)41(20-12-8-6-9-13-20)21-14-10-7-11-15-21/h6-15,18-19,22-23,36,41H,16-17H2,1-5H3,(H2,32,33,34,37,38)/t22-,23+,30-/m0/s1. The third-order valence-electron chi connectivity index (χ3n) is 7.25. The number of hydrogen-bond donors (Lipinski definition) is 3. The fourth-order valence-electron chi connectivity index (χ4n) is 5.52. The first kappa shape index (κ1) is 28.9. The van der Waals surface area contributed by atoms with Gasteiger partial charge in [-0.2, -0.15) is 4.98 Å². The zero-order valence-corrected chi connectivity index (χ0v) is 25.2. The van der Waals surface area contributed by atoms with E-state index in [1.807, 2.05) is 61.7 Å². The zero-order chi connectivity index (χ0) is 29.4. The Morgan fingerprint density at radius 3 is 2.32 bits per heavy atom. The van der Waals surface area contributed by atoms with Gasteiger partial charge in [0.25, 0.3) is 5.56 Å². The van der Waals surface area contributed by atoms with Crippen LogP contribution in [0.25, 0.3) is 11.2 Å². The Kier molecular flexibility index (Phi) is 7.97. The van der Waals surface area contributed by atoms with Crippen molar-refractivity contribution in [2.75, 3.05) is 11.9 Å². The van der Waals surface area contributed by atoms with Gasteiger partial charge in [-0.3, -0.25) is 24.5 Å². The van der Waals surface area contributed by atoms with E-state index in [1.54, 1.807) is 20.2 Å². The smallest absolute Gasteiger partial charge is 0.280 e. The number of imidazole rings is 1. The summed E-state index contributed by atoms with van der Waals surface area (Å²) in [4.78, 5) is 37.4. The number of H-pyrrole nitrogens is 1. The number of anilines is 1. The molecular weight excluding hydrogens is 538 g/mol. The predicted molar refractivity (Wildman–Crippen MR) is 160 cm³/mol. The lowest BCUT2D eigenvalue weighted by atomic mass is 10.1. The van der Waals surface area contributed by atoms with Gasteiger partial charge >= 0.3 is 0 Å². The molecule has 0 spiro atoms. The number of carbonyl (C=O) groups excluding carboxylic acids is 1. The molecule has 2 aromatic carbocycles. The van der Waals surface area contributed by atoms with E-state index in [0.717, 1.165) is 10.4 Å². The van der Waals surface area contributed by atoms with Crippen molar-refractivity contribution < 1.29 is 19.4 Å². The summed E-state index contributed by atoms with van der Waals surface area (Å²) in [7, 11) is -2.40. The van der Waals surface area contributed by atoms with Crippen LogP contribution < -0.4 is 21.2 Å². The number of ether oxygens (including phenoxy) is 2. The lowest BCUT2D eigenvalue weighted by molar-refractivity contribution is -0.118. The molecule has 3 N–H and O–H groups in total. The fraction of sp³-hybridized carbons (Fsp3) is 0.400. The van der Waals surface area contributed by atoms with Crippen LogP contribution in [-0.2, 0) is 19.6 Å². The maximum Gasteiger partial charge on any atom is 0.280 e. The van der Waals surface area contributed by atoms with E-state index in [-0.39, 0.29) is 35.5 Å². The number of amides is 1. The quantitative estimate of drug-likeness (QED) is 0.274. The number of benzene rings is 2. The highest BCUT2D eigenvalue weighted by Gasteiger charge is 2.56. The monoisotopic (exact) mass is 575 g/mol. The molecule has 1 aliphatic heterocycles. The molecule has 5 rings (SSSR count). The van der Waals surface area contributed by atoms with Crippen LogP contribution in [0.4, 0.5) is 5.95 Å². The lowest BCUT2D eigenvalue weighted by Crippen LogP contribution is -2.61. The molecule has 1 saturated heterocycles. The summed E-state index contributed by atoms with van der Waals surface area (Å²) in [5.41, 5.74) is -0.551. The van der Waals surface area contributed by atoms with Crippen molar-refractivity contribution in [3.63, 3.8) is 0 Å². The van der Waals surface area contributed by atoms with Crippen LogP contribution >= 0.6 is 0 Å². The summed E-state index contributed by atoms with van der Waals surface area (Å²) in [5.74, 6) is -0.542. The van der Waals surface area contributed by atoms with Gasteiger partial charge in [0, 0.05) is 12.3 Å². The number of nitrogens with zero attached hydrogens (tertiary/aromatic N) is 3. The maximum absolute atomic E-state index is 13.1. The Morgan fingerprint density at radius 2 is 1.78 bits per heavy atom. The van der Waals surface area contributed by atoms with E-state index in [0.29, 0.717) is 6.42 Å². The van der Waals surface area contributed by atoms with E-state index in [9.17, 15) is 14.7 Å². The summed E-state index contributed by atoms with van der Waals surface area (Å²) in [6, 6.07) is 20.3. The highest BCUT2D eigenvalue weighted by atomic mass is 28.3. The van der Waals surface area contributed by atoms with E-state index in [1.165, 1.54) is 0 Å². The van der Waals surface area contributed by atoms with Crippen molar-refractivity contribution in [3.05, 3.63) is 77.3 Å². The predicted octanol–water partition coefficient (Wildman–Crippen LogP) is 1.91. The minimum atomic E-state index is -2.40. The highest BCUT2D eigenvalue weighted by molar-refractivity contribution is 6.86. The number of hydrogen-bond acceptors (Lipinski definition) is 7. The summed E-state index contributed by atoms with van der Waals surface area (Å²) < 4.78 is 15.3. The number of aromatic nitrogens is 4. The van der Waals surface area contributed by atoms with Gasteiger partial charge in [0.1, 0.15) is 11.5 Å². The molecular formula is C30H37N5O5Si. The molecule has 216 valence electrons. The number of aromatic amines is 1. The molecule has 1 aliphatic rings. The van der Waals surface area contributed by atoms with Crippen LogP contribution in [0.5, 0.6) is 0 Å². The Bertz CT molecular complexity index is 1530. The summed E-state index contributed by atoms with van der Waals surface area (Å²) in [6.45, 7) is 9.20. The van der Waals surface area contributed by atoms with E-state index >= 15 is 0 Å². The molecule has 3 heterocycles. The average molecular weight is 576 g/mol. The molecule has 11 heteroatoms. The van der Waals surface area contributed by atoms with Crippen LogP contribution in [0, 0.1) is 5.92 Å². The van der Waals surface area contributed by atoms with E-state index in [4.69, 9.17) is 9.47 Å². The molecule has 0 radical (unpaired) electrons. The second-order valence-electron chi connectivity index (χ2n) is 11.8. The third kappa shape index (κ3) is 5.75.